The van der Waals surface area contributed by atoms with Gasteiger partial charge in [0, 0.05) is 88.1 Å². The molecule has 0 aliphatic carbocycles. The van der Waals surface area contributed by atoms with Gasteiger partial charge in [-0.3, -0.25) is 43.6 Å². The molecule has 8 rings (SSSR count). The van der Waals surface area contributed by atoms with Crippen LogP contribution in [0, 0.1) is 12.8 Å². The van der Waals surface area contributed by atoms with E-state index < -0.39 is 36.3 Å². The number of likely N-dealkylation sites (tertiary alicyclic amines) is 2. The number of benzene rings is 1. The van der Waals surface area contributed by atoms with Crippen molar-refractivity contribution in [3.8, 4) is 0 Å². The highest BCUT2D eigenvalue weighted by Crippen LogP contribution is 2.26. The molecule has 1 aromatic carbocycles. The molecule has 3 fully saturated rings. The number of hydrogen-bond donors (Lipinski definition) is 5. The number of nitrogens with two attached hydrogens (primary N) is 1. The van der Waals surface area contributed by atoms with E-state index in [2.05, 4.69) is 35.4 Å². The Balaban J connectivity index is 0.000000265. The lowest BCUT2D eigenvalue weighted by atomic mass is 9.89. The summed E-state index contributed by atoms with van der Waals surface area (Å²) >= 11 is 0. The largest absolute Gasteiger partial charge is 0.481 e. The van der Waals surface area contributed by atoms with Gasteiger partial charge in [-0.05, 0) is 92.8 Å². The minimum Gasteiger partial charge on any atom is -0.481 e. The lowest BCUT2D eigenvalue weighted by Crippen LogP contribution is -2.57. The zero-order chi connectivity index (χ0) is 43.8. The zero-order valence-electron chi connectivity index (χ0n) is 34.8. The molecule has 19 nitrogen and oxygen atoms in total. The third-order valence-corrected chi connectivity index (χ3v) is 12.2. The van der Waals surface area contributed by atoms with Gasteiger partial charge >= 0.3 is 11.7 Å². The van der Waals surface area contributed by atoms with E-state index in [0.29, 0.717) is 83.7 Å². The molecule has 62 heavy (non-hydrogen) atoms. The average Bonchev–Trinajstić information content (AvgIpc) is 3.90. The van der Waals surface area contributed by atoms with E-state index in [1.807, 2.05) is 43.3 Å². The van der Waals surface area contributed by atoms with Crippen LogP contribution in [-0.2, 0) is 30.4 Å². The van der Waals surface area contributed by atoms with Crippen molar-refractivity contribution in [3.05, 3.63) is 82.8 Å². The van der Waals surface area contributed by atoms with E-state index in [4.69, 9.17) is 10.8 Å². The molecule has 6 N–H and O–H groups in total. The van der Waals surface area contributed by atoms with Gasteiger partial charge in [0.15, 0.2) is 5.65 Å². The van der Waals surface area contributed by atoms with Gasteiger partial charge in [-0.15, -0.1) is 0 Å². The minimum atomic E-state index is -1.15. The van der Waals surface area contributed by atoms with Gasteiger partial charge in [0.25, 0.3) is 0 Å². The van der Waals surface area contributed by atoms with Gasteiger partial charge in [0.05, 0.1) is 23.3 Å². The number of aliphatic carboxylic acids is 1. The van der Waals surface area contributed by atoms with Gasteiger partial charge in [0.1, 0.15) is 12.5 Å². The number of nitrogens with zero attached hydrogens (tertiary/aromatic N) is 8. The Morgan fingerprint density at radius 2 is 1.68 bits per heavy atom. The molecular formula is C43H54N12O7. The number of H-pyrrole nitrogens is 2. The number of hydrogen-bond acceptors (Lipinski definition) is 11. The van der Waals surface area contributed by atoms with Crippen molar-refractivity contribution >= 4 is 57.9 Å². The van der Waals surface area contributed by atoms with Crippen LogP contribution in [0.1, 0.15) is 55.7 Å². The van der Waals surface area contributed by atoms with Crippen LogP contribution in [0.4, 0.5) is 5.69 Å². The quantitative estimate of drug-likeness (QED) is 0.0888. The van der Waals surface area contributed by atoms with Crippen LogP contribution in [0.3, 0.4) is 0 Å². The van der Waals surface area contributed by atoms with Crippen LogP contribution in [0.25, 0.3) is 22.1 Å². The molecule has 3 aliphatic heterocycles. The zero-order valence-corrected chi connectivity index (χ0v) is 34.8. The second-order valence-corrected chi connectivity index (χ2v) is 16.3. The van der Waals surface area contributed by atoms with E-state index in [-0.39, 0.29) is 23.6 Å². The fraction of sp³-hybridized carbons (Fsp3) is 0.465. The van der Waals surface area contributed by atoms with E-state index in [0.717, 1.165) is 52.5 Å². The Bertz CT molecular complexity index is 2410. The maximum atomic E-state index is 13.9. The van der Waals surface area contributed by atoms with Crippen LogP contribution in [0.5, 0.6) is 0 Å². The predicted octanol–water partition coefficient (Wildman–Crippen LogP) is 1.59. The van der Waals surface area contributed by atoms with E-state index in [1.54, 1.807) is 44.1 Å². The molecule has 4 aromatic heterocycles. The monoisotopic (exact) mass is 850 g/mol. The van der Waals surface area contributed by atoms with Crippen molar-refractivity contribution in [2.24, 2.45) is 11.7 Å². The van der Waals surface area contributed by atoms with Crippen molar-refractivity contribution in [2.45, 2.75) is 70.0 Å². The topological polar surface area (TPSA) is 249 Å². The van der Waals surface area contributed by atoms with Gasteiger partial charge in [-0.25, -0.2) is 9.78 Å². The molecule has 2 unspecified atom stereocenters. The number of aryl methyl sites for hydroxylation is 1. The number of piperidine rings is 2. The molecule has 4 amide bonds. The fourth-order valence-electron chi connectivity index (χ4n) is 8.80. The molecule has 19 heteroatoms. The van der Waals surface area contributed by atoms with E-state index >= 15 is 0 Å². The number of carbonyl (C=O) groups excluding carboxylic acids is 4. The standard InChI is InChI=1S/C31H40N8O5.C12H14N4O2/c1-20-14-22(15-23-19-34-36-29(20)23)16-25(32)30(43)35-26(17-21-4-8-38(9-5-21)27(40)18-28(41)42)31(44)39-12-10-37(11-13-39)24-2-6-33-7-3-24;17-8-15-6-3-9(4-7-15)16-10-2-1-5-13-11(10)14-12(16)18/h2-3,6-7,14-15,19,21,25-26H,4-5,8-13,16-18,32H2,1H3,(H,34,36)(H,35,43)(H,41,42);1-2,5,8-9H,3-4,6-7H2,(H,13,14,18). The molecule has 0 spiro atoms. The van der Waals surface area contributed by atoms with Crippen LogP contribution in [-0.4, -0.2) is 144 Å². The minimum absolute atomic E-state index is 0.0820. The summed E-state index contributed by atoms with van der Waals surface area (Å²) in [6.07, 6.45) is 10.8. The highest BCUT2D eigenvalue weighted by Gasteiger charge is 2.34. The molecule has 0 radical (unpaired) electrons. The van der Waals surface area contributed by atoms with Crippen molar-refractivity contribution in [1.29, 1.82) is 0 Å². The maximum Gasteiger partial charge on any atom is 0.327 e. The number of aromatic amines is 2. The number of nitrogens with one attached hydrogen (secondary N) is 3. The molecule has 7 heterocycles. The van der Waals surface area contributed by atoms with Crippen molar-refractivity contribution in [3.63, 3.8) is 0 Å². The number of anilines is 1. The number of piperazine rings is 1. The molecule has 0 bridgehead atoms. The lowest BCUT2D eigenvalue weighted by Gasteiger charge is -2.39. The van der Waals surface area contributed by atoms with Crippen LogP contribution in [0.2, 0.25) is 0 Å². The van der Waals surface area contributed by atoms with Gasteiger partial charge in [-0.1, -0.05) is 6.07 Å². The molecule has 328 valence electrons. The SMILES string of the molecule is Cc1cc(CC(N)C(=O)NC(CC2CCN(C(=O)CC(=O)O)CC2)C(=O)N2CCN(c3ccncc3)CC2)cc2cn[nH]c12.O=CN1CCC(n2c(=O)[nH]c3ncccc32)CC1. The predicted molar refractivity (Wildman–Crippen MR) is 230 cm³/mol. The maximum absolute atomic E-state index is 13.9. The summed E-state index contributed by atoms with van der Waals surface area (Å²) in [6.45, 7) is 6.58. The van der Waals surface area contributed by atoms with Crippen LogP contribution >= 0.6 is 0 Å². The van der Waals surface area contributed by atoms with Gasteiger partial charge in [-0.2, -0.15) is 5.10 Å². The summed E-state index contributed by atoms with van der Waals surface area (Å²) in [6, 6.07) is 10.1. The number of carboxylic acid groups (broad SMARTS) is 1. The van der Waals surface area contributed by atoms with Gasteiger partial charge < -0.3 is 35.8 Å². The van der Waals surface area contributed by atoms with Crippen molar-refractivity contribution in [1.82, 2.24) is 49.7 Å². The molecule has 2 atom stereocenters. The number of carboxylic acids is 1. The molecular weight excluding hydrogens is 797 g/mol. The summed E-state index contributed by atoms with van der Waals surface area (Å²) in [5, 5.41) is 20.0. The lowest BCUT2D eigenvalue weighted by molar-refractivity contribution is -0.145. The normalized spacial score (nSPS) is 17.3. The summed E-state index contributed by atoms with van der Waals surface area (Å²) in [7, 11) is 0. The first kappa shape index (κ1) is 43.5. The summed E-state index contributed by atoms with van der Waals surface area (Å²) in [5.74, 6) is -2.00. The fourth-order valence-corrected chi connectivity index (χ4v) is 8.80. The number of rotatable bonds is 12. The number of aromatic nitrogens is 6. The Hall–Kier alpha value is -6.63. The Kier molecular flexibility index (Phi) is 13.9. The Morgan fingerprint density at radius 3 is 2.37 bits per heavy atom. The third-order valence-electron chi connectivity index (χ3n) is 12.2. The second-order valence-electron chi connectivity index (χ2n) is 16.3. The Morgan fingerprint density at radius 1 is 0.952 bits per heavy atom. The van der Waals surface area contributed by atoms with E-state index in [9.17, 15) is 28.8 Å². The highest BCUT2D eigenvalue weighted by atomic mass is 16.4. The van der Waals surface area contributed by atoms with Gasteiger partial charge in [0.2, 0.25) is 24.1 Å². The van der Waals surface area contributed by atoms with Crippen molar-refractivity contribution < 1.29 is 29.1 Å². The number of carbonyl (C=O) groups is 5. The average molecular weight is 851 g/mol. The highest BCUT2D eigenvalue weighted by molar-refractivity contribution is 5.93. The van der Waals surface area contributed by atoms with Crippen LogP contribution in [0.15, 0.2) is 66.0 Å². The molecule has 3 saturated heterocycles. The molecule has 0 saturated carbocycles. The molecule has 5 aromatic rings. The second kappa shape index (κ2) is 19.8. The smallest absolute Gasteiger partial charge is 0.327 e. The first-order valence-corrected chi connectivity index (χ1v) is 21.1. The Labute approximate surface area is 357 Å². The summed E-state index contributed by atoms with van der Waals surface area (Å²) in [4.78, 5) is 91.5. The van der Waals surface area contributed by atoms with Crippen molar-refractivity contribution in [2.75, 3.05) is 57.3 Å². The van der Waals surface area contributed by atoms with Crippen LogP contribution < -0.4 is 21.6 Å². The molecule has 3 aliphatic rings. The number of fused-ring (bicyclic) bond motifs is 2. The number of pyridine rings is 2. The summed E-state index contributed by atoms with van der Waals surface area (Å²) < 4.78 is 1.77. The number of imidazole rings is 1. The van der Waals surface area contributed by atoms with E-state index in [1.165, 1.54) is 0 Å². The first-order chi connectivity index (χ1) is 30.0. The third kappa shape index (κ3) is 10.4. The number of amides is 4. The summed E-state index contributed by atoms with van der Waals surface area (Å²) in [5.41, 5.74) is 11.6. The first-order valence-electron chi connectivity index (χ1n) is 21.1.